The third kappa shape index (κ3) is 4.35. The summed E-state index contributed by atoms with van der Waals surface area (Å²) >= 11 is 4.89. The van der Waals surface area contributed by atoms with Gasteiger partial charge in [-0.1, -0.05) is 13.8 Å². The third-order valence-electron chi connectivity index (χ3n) is 3.43. The van der Waals surface area contributed by atoms with Gasteiger partial charge in [-0.2, -0.15) is 5.10 Å². The maximum atomic E-state index is 11.8. The molecule has 0 bridgehead atoms. The highest BCUT2D eigenvalue weighted by Crippen LogP contribution is 2.31. The first-order valence-corrected chi connectivity index (χ1v) is 8.09. The molecular formula is C16H23N5O2S. The van der Waals surface area contributed by atoms with Crippen LogP contribution in [0.4, 0.5) is 5.82 Å². The van der Waals surface area contributed by atoms with Crippen LogP contribution < -0.4 is 15.8 Å². The molecule has 0 aliphatic heterocycles. The molecule has 8 heteroatoms. The van der Waals surface area contributed by atoms with Crippen LogP contribution in [0.1, 0.15) is 19.4 Å². The molecule has 0 saturated heterocycles. The molecule has 0 saturated carbocycles. The van der Waals surface area contributed by atoms with Crippen molar-refractivity contribution in [1.29, 1.82) is 0 Å². The molecule has 4 N–H and O–H groups in total. The van der Waals surface area contributed by atoms with Crippen molar-refractivity contribution < 1.29 is 9.53 Å². The number of likely N-dealkylation sites (N-methyl/N-ethyl adjacent to an activating group) is 1. The molecule has 2 aromatic rings. The minimum atomic E-state index is -0.113. The number of thiocarbonyl (C=S) groups is 1. The summed E-state index contributed by atoms with van der Waals surface area (Å²) in [5, 5.41) is 10.9. The molecule has 0 aliphatic carbocycles. The van der Waals surface area contributed by atoms with E-state index < -0.39 is 0 Å². The highest BCUT2D eigenvalue weighted by atomic mass is 32.1. The molecule has 0 radical (unpaired) electrons. The lowest BCUT2D eigenvalue weighted by molar-refractivity contribution is -0.130. The number of fused-ring (bicyclic) bond motifs is 1. The molecule has 0 atom stereocenters. The number of carbonyl (C=O) groups excluding carboxylic acids is 1. The number of hydrogen-bond donors (Lipinski definition) is 3. The number of H-pyrrole nitrogens is 1. The smallest absolute Gasteiger partial charge is 0.259 e. The van der Waals surface area contributed by atoms with Gasteiger partial charge in [0.2, 0.25) is 0 Å². The Hall–Kier alpha value is -2.35. The Morgan fingerprint density at radius 1 is 1.46 bits per heavy atom. The molecule has 7 nitrogen and oxygen atoms in total. The van der Waals surface area contributed by atoms with E-state index in [9.17, 15) is 4.79 Å². The van der Waals surface area contributed by atoms with Crippen molar-refractivity contribution in [1.82, 2.24) is 15.1 Å². The first kappa shape index (κ1) is 18.0. The third-order valence-corrected chi connectivity index (χ3v) is 3.53. The monoisotopic (exact) mass is 349 g/mol. The van der Waals surface area contributed by atoms with Gasteiger partial charge in [-0.3, -0.25) is 9.89 Å². The Labute approximate surface area is 146 Å². The zero-order valence-electron chi connectivity index (χ0n) is 14.3. The number of aromatic amines is 1. The van der Waals surface area contributed by atoms with Gasteiger partial charge in [0.1, 0.15) is 11.3 Å². The molecule has 1 aromatic carbocycles. The number of benzene rings is 1. The molecule has 0 aliphatic rings. The predicted octanol–water partition coefficient (Wildman–Crippen LogP) is 1.88. The van der Waals surface area contributed by atoms with Gasteiger partial charge >= 0.3 is 0 Å². The number of nitrogens with zero attached hydrogens (tertiary/aromatic N) is 2. The van der Waals surface area contributed by atoms with Gasteiger partial charge in [0.25, 0.3) is 5.91 Å². The van der Waals surface area contributed by atoms with Crippen LogP contribution in [0.5, 0.6) is 5.75 Å². The first-order valence-electron chi connectivity index (χ1n) is 7.68. The fourth-order valence-electron chi connectivity index (χ4n) is 2.33. The molecule has 1 amide bonds. The van der Waals surface area contributed by atoms with Gasteiger partial charge < -0.3 is 20.7 Å². The molecule has 1 heterocycles. The lowest BCUT2D eigenvalue weighted by Crippen LogP contribution is -2.27. The largest absolute Gasteiger partial charge is 0.481 e. The van der Waals surface area contributed by atoms with E-state index in [0.29, 0.717) is 23.0 Å². The van der Waals surface area contributed by atoms with Crippen LogP contribution in [0.2, 0.25) is 0 Å². The zero-order chi connectivity index (χ0) is 17.9. The van der Waals surface area contributed by atoms with Gasteiger partial charge in [0.05, 0.1) is 0 Å². The van der Waals surface area contributed by atoms with Crippen molar-refractivity contribution in [3.05, 3.63) is 17.7 Å². The minimum absolute atomic E-state index is 0.0374. The van der Waals surface area contributed by atoms with Gasteiger partial charge in [-0.15, -0.1) is 0 Å². The van der Waals surface area contributed by atoms with Crippen molar-refractivity contribution >= 4 is 40.0 Å². The standard InChI is InChI=1S/C16H23N5O2S/c1-9(2)5-10-6-11-14(19-20-15(11)18-16(17)24)12(7-10)23-8-13(22)21(3)4/h6-7,9H,5,8H2,1-4H3,(H4,17,18,19,20,24). The molecule has 0 fully saturated rings. The van der Waals surface area contributed by atoms with Crippen LogP contribution in [0.3, 0.4) is 0 Å². The maximum Gasteiger partial charge on any atom is 0.259 e. The fraction of sp³-hybridized carbons (Fsp3) is 0.438. The molecule has 130 valence electrons. The SMILES string of the molecule is CC(C)Cc1cc(OCC(=O)N(C)C)c2[nH]nc(NC(N)=S)c2c1. The van der Waals surface area contributed by atoms with E-state index in [4.69, 9.17) is 22.7 Å². The van der Waals surface area contributed by atoms with E-state index in [0.717, 1.165) is 17.4 Å². The van der Waals surface area contributed by atoms with Gasteiger partial charge in [0, 0.05) is 19.5 Å². The highest BCUT2D eigenvalue weighted by Gasteiger charge is 2.15. The number of rotatable bonds is 6. The first-order chi connectivity index (χ1) is 11.3. The van der Waals surface area contributed by atoms with Crippen LogP contribution in [0, 0.1) is 5.92 Å². The van der Waals surface area contributed by atoms with Crippen molar-refractivity contribution in [2.24, 2.45) is 11.7 Å². The van der Waals surface area contributed by atoms with Gasteiger partial charge in [-0.05, 0) is 42.3 Å². The van der Waals surface area contributed by atoms with E-state index in [1.54, 1.807) is 14.1 Å². The number of nitrogens with one attached hydrogen (secondary N) is 2. The second kappa shape index (κ2) is 7.48. The minimum Gasteiger partial charge on any atom is -0.481 e. The normalized spacial score (nSPS) is 10.9. The quantitative estimate of drug-likeness (QED) is 0.689. The van der Waals surface area contributed by atoms with E-state index in [-0.39, 0.29) is 17.6 Å². The van der Waals surface area contributed by atoms with Crippen LogP contribution in [0.15, 0.2) is 12.1 Å². The van der Waals surface area contributed by atoms with E-state index in [1.165, 1.54) is 4.90 Å². The highest BCUT2D eigenvalue weighted by molar-refractivity contribution is 7.80. The number of carbonyl (C=O) groups is 1. The number of hydrogen-bond acceptors (Lipinski definition) is 4. The molecule has 1 aromatic heterocycles. The summed E-state index contributed by atoms with van der Waals surface area (Å²) in [6.07, 6.45) is 0.881. The summed E-state index contributed by atoms with van der Waals surface area (Å²) in [5.41, 5.74) is 7.34. The fourth-order valence-corrected chi connectivity index (χ4v) is 2.43. The van der Waals surface area contributed by atoms with E-state index in [1.807, 2.05) is 12.1 Å². The van der Waals surface area contributed by atoms with Gasteiger partial charge in [-0.25, -0.2) is 0 Å². The second-order valence-electron chi connectivity index (χ2n) is 6.25. The van der Waals surface area contributed by atoms with E-state index >= 15 is 0 Å². The van der Waals surface area contributed by atoms with Crippen molar-refractivity contribution in [3.63, 3.8) is 0 Å². The van der Waals surface area contributed by atoms with Crippen LogP contribution in [-0.4, -0.2) is 46.8 Å². The van der Waals surface area contributed by atoms with Crippen LogP contribution >= 0.6 is 12.2 Å². The van der Waals surface area contributed by atoms with Crippen molar-refractivity contribution in [2.45, 2.75) is 20.3 Å². The van der Waals surface area contributed by atoms with E-state index in [2.05, 4.69) is 29.4 Å². The Balaban J connectivity index is 2.41. The summed E-state index contributed by atoms with van der Waals surface area (Å²) in [7, 11) is 3.38. The number of aromatic nitrogens is 2. The molecule has 2 rings (SSSR count). The molecule has 24 heavy (non-hydrogen) atoms. The summed E-state index contributed by atoms with van der Waals surface area (Å²) in [6.45, 7) is 4.25. The second-order valence-corrected chi connectivity index (χ2v) is 6.69. The Morgan fingerprint density at radius 2 is 2.17 bits per heavy atom. The summed E-state index contributed by atoms with van der Waals surface area (Å²) < 4.78 is 5.73. The molecule has 0 unspecified atom stereocenters. The number of anilines is 1. The number of ether oxygens (including phenoxy) is 1. The average Bonchev–Trinajstić information content (AvgIpc) is 2.86. The lowest BCUT2D eigenvalue weighted by atomic mass is 10.0. The number of amides is 1. The van der Waals surface area contributed by atoms with Crippen molar-refractivity contribution in [2.75, 3.05) is 26.0 Å². The summed E-state index contributed by atoms with van der Waals surface area (Å²) in [6, 6.07) is 3.97. The Bertz CT molecular complexity index is 754. The lowest BCUT2D eigenvalue weighted by Gasteiger charge is -2.13. The predicted molar refractivity (Wildman–Crippen MR) is 99.2 cm³/mol. The van der Waals surface area contributed by atoms with Gasteiger partial charge in [0.15, 0.2) is 17.5 Å². The maximum absolute atomic E-state index is 11.8. The Morgan fingerprint density at radius 3 is 2.75 bits per heavy atom. The van der Waals surface area contributed by atoms with Crippen LogP contribution in [-0.2, 0) is 11.2 Å². The average molecular weight is 349 g/mol. The molecule has 0 spiro atoms. The number of nitrogens with two attached hydrogens (primary N) is 1. The summed E-state index contributed by atoms with van der Waals surface area (Å²) in [4.78, 5) is 13.3. The van der Waals surface area contributed by atoms with Crippen molar-refractivity contribution in [3.8, 4) is 5.75 Å². The topological polar surface area (TPSA) is 96.3 Å². The van der Waals surface area contributed by atoms with Crippen LogP contribution in [0.25, 0.3) is 10.9 Å². The molecular weight excluding hydrogens is 326 g/mol. The summed E-state index contributed by atoms with van der Waals surface area (Å²) in [5.74, 6) is 1.50. The Kier molecular flexibility index (Phi) is 5.61. The zero-order valence-corrected chi connectivity index (χ0v) is 15.2.